The first kappa shape index (κ1) is 8.44. The monoisotopic (exact) mass is 172 g/mol. The zero-order valence-electron chi connectivity index (χ0n) is 7.45. The molecule has 0 aromatic heterocycles. The molecule has 0 aromatic carbocycles. The molecule has 0 amide bonds. The number of hydroxylamine groups is 1. The molecule has 0 radical (unpaired) electrons. The number of likely N-dealkylation sites (tertiary alicyclic amines) is 1. The Kier molecular flexibility index (Phi) is 2.60. The third-order valence-corrected chi connectivity index (χ3v) is 2.60. The van der Waals surface area contributed by atoms with Gasteiger partial charge in [-0.3, -0.25) is 9.74 Å². The summed E-state index contributed by atoms with van der Waals surface area (Å²) in [5.74, 6) is 0. The summed E-state index contributed by atoms with van der Waals surface area (Å²) in [5.41, 5.74) is 2.75. The molecule has 2 rings (SSSR count). The molecule has 1 unspecified atom stereocenters. The Morgan fingerprint density at radius 2 is 2.33 bits per heavy atom. The molecule has 1 N–H and O–H groups in total. The van der Waals surface area contributed by atoms with Crippen LogP contribution in [0.25, 0.3) is 0 Å². The van der Waals surface area contributed by atoms with Gasteiger partial charge in [0.1, 0.15) is 0 Å². The van der Waals surface area contributed by atoms with Gasteiger partial charge in [0.15, 0.2) is 0 Å². The van der Waals surface area contributed by atoms with Crippen molar-refractivity contribution in [2.75, 3.05) is 33.4 Å². The summed E-state index contributed by atoms with van der Waals surface area (Å²) in [6.45, 7) is 4.02. The van der Waals surface area contributed by atoms with E-state index in [1.165, 1.54) is 0 Å². The Bertz CT molecular complexity index is 150. The van der Waals surface area contributed by atoms with Gasteiger partial charge in [-0.15, -0.1) is 0 Å². The molecule has 0 saturated carbocycles. The summed E-state index contributed by atoms with van der Waals surface area (Å²) >= 11 is 0. The van der Waals surface area contributed by atoms with Crippen molar-refractivity contribution in [1.82, 2.24) is 10.4 Å². The van der Waals surface area contributed by atoms with Crippen LogP contribution in [0, 0.1) is 0 Å². The number of ether oxygens (including phenoxy) is 1. The van der Waals surface area contributed by atoms with Crippen molar-refractivity contribution in [3.8, 4) is 0 Å². The normalized spacial score (nSPS) is 32.2. The zero-order chi connectivity index (χ0) is 8.39. The lowest BCUT2D eigenvalue weighted by atomic mass is 10.2. The molecule has 4 nitrogen and oxygen atoms in total. The average molecular weight is 172 g/mol. The van der Waals surface area contributed by atoms with Crippen LogP contribution in [0.2, 0.25) is 0 Å². The van der Waals surface area contributed by atoms with Crippen LogP contribution in [0.5, 0.6) is 0 Å². The third-order valence-electron chi connectivity index (χ3n) is 2.60. The van der Waals surface area contributed by atoms with Crippen LogP contribution < -0.4 is 5.48 Å². The minimum atomic E-state index is 0.371. The predicted octanol–water partition coefficient (Wildman–Crippen LogP) is -0.389. The Morgan fingerprint density at radius 1 is 1.50 bits per heavy atom. The number of nitrogens with zero attached hydrogens (tertiary/aromatic N) is 1. The molecule has 0 aliphatic carbocycles. The minimum absolute atomic E-state index is 0.371. The van der Waals surface area contributed by atoms with Gasteiger partial charge in [-0.05, 0) is 6.42 Å². The molecule has 12 heavy (non-hydrogen) atoms. The van der Waals surface area contributed by atoms with Crippen LogP contribution >= 0.6 is 0 Å². The van der Waals surface area contributed by atoms with Crippen molar-refractivity contribution in [1.29, 1.82) is 0 Å². The van der Waals surface area contributed by atoms with E-state index in [1.807, 2.05) is 7.05 Å². The molecule has 0 bridgehead atoms. The lowest BCUT2D eigenvalue weighted by Crippen LogP contribution is -2.48. The first-order valence-electron chi connectivity index (χ1n) is 4.54. The van der Waals surface area contributed by atoms with E-state index in [-0.39, 0.29) is 0 Å². The fourth-order valence-corrected chi connectivity index (χ4v) is 1.78. The van der Waals surface area contributed by atoms with E-state index in [2.05, 4.69) is 10.4 Å². The summed E-state index contributed by atoms with van der Waals surface area (Å²) in [7, 11) is 1.81. The van der Waals surface area contributed by atoms with Crippen molar-refractivity contribution in [2.45, 2.75) is 18.6 Å². The molecule has 2 fully saturated rings. The van der Waals surface area contributed by atoms with Crippen LogP contribution in [0.3, 0.4) is 0 Å². The van der Waals surface area contributed by atoms with Crippen LogP contribution in [-0.4, -0.2) is 50.4 Å². The Labute approximate surface area is 72.8 Å². The van der Waals surface area contributed by atoms with Gasteiger partial charge < -0.3 is 4.74 Å². The summed E-state index contributed by atoms with van der Waals surface area (Å²) in [6, 6.07) is 0.662. The quantitative estimate of drug-likeness (QED) is 0.588. The lowest BCUT2D eigenvalue weighted by Gasteiger charge is -2.34. The van der Waals surface area contributed by atoms with E-state index in [1.54, 1.807) is 0 Å². The topological polar surface area (TPSA) is 33.7 Å². The molecule has 1 atom stereocenters. The maximum Gasteiger partial charge on any atom is 0.0929 e. The molecule has 2 aliphatic heterocycles. The summed E-state index contributed by atoms with van der Waals surface area (Å²) < 4.78 is 5.14. The highest BCUT2D eigenvalue weighted by Gasteiger charge is 2.32. The minimum Gasteiger partial charge on any atom is -0.378 e. The van der Waals surface area contributed by atoms with E-state index < -0.39 is 0 Å². The predicted molar refractivity (Wildman–Crippen MR) is 44.7 cm³/mol. The van der Waals surface area contributed by atoms with Gasteiger partial charge in [-0.25, -0.2) is 5.48 Å². The average Bonchev–Trinajstić information content (AvgIpc) is 2.34. The molecule has 70 valence electrons. The molecule has 2 saturated heterocycles. The second-order valence-electron chi connectivity index (χ2n) is 3.42. The van der Waals surface area contributed by atoms with Crippen LogP contribution in [0.15, 0.2) is 0 Å². The Balaban J connectivity index is 1.73. The van der Waals surface area contributed by atoms with Crippen molar-refractivity contribution in [2.24, 2.45) is 0 Å². The van der Waals surface area contributed by atoms with Crippen molar-refractivity contribution >= 4 is 0 Å². The van der Waals surface area contributed by atoms with E-state index in [0.717, 1.165) is 32.7 Å². The third kappa shape index (κ3) is 1.61. The Morgan fingerprint density at radius 3 is 2.92 bits per heavy atom. The molecular formula is C8H16N2O2. The molecular weight excluding hydrogens is 156 g/mol. The fraction of sp³-hybridized carbons (Fsp3) is 1.00. The SMILES string of the molecule is CNOC1CCN(C2COC2)C1. The van der Waals surface area contributed by atoms with Crippen molar-refractivity contribution in [3.63, 3.8) is 0 Å². The maximum absolute atomic E-state index is 5.32. The number of nitrogens with one attached hydrogen (secondary N) is 1. The standard InChI is InChI=1S/C8H16N2O2/c1-9-12-8-2-3-10(4-8)7-5-11-6-7/h7-9H,2-6H2,1H3. The largest absolute Gasteiger partial charge is 0.378 e. The molecule has 2 aliphatic rings. The summed E-state index contributed by atoms with van der Waals surface area (Å²) in [5, 5.41) is 0. The van der Waals surface area contributed by atoms with Gasteiger partial charge >= 0.3 is 0 Å². The van der Waals surface area contributed by atoms with E-state index in [0.29, 0.717) is 12.1 Å². The highest BCUT2D eigenvalue weighted by atomic mass is 16.7. The Hall–Kier alpha value is -0.160. The number of hydrogen-bond acceptors (Lipinski definition) is 4. The van der Waals surface area contributed by atoms with Crippen LogP contribution in [0.4, 0.5) is 0 Å². The van der Waals surface area contributed by atoms with E-state index in [4.69, 9.17) is 9.57 Å². The smallest absolute Gasteiger partial charge is 0.0929 e. The first-order valence-corrected chi connectivity index (χ1v) is 4.54. The molecule has 0 aromatic rings. The van der Waals surface area contributed by atoms with Gasteiger partial charge in [-0.1, -0.05) is 0 Å². The second-order valence-corrected chi connectivity index (χ2v) is 3.42. The fourth-order valence-electron chi connectivity index (χ4n) is 1.78. The molecule has 0 spiro atoms. The summed E-state index contributed by atoms with van der Waals surface area (Å²) in [6.07, 6.45) is 1.51. The summed E-state index contributed by atoms with van der Waals surface area (Å²) in [4.78, 5) is 7.77. The second kappa shape index (κ2) is 3.70. The molecule has 4 heteroatoms. The van der Waals surface area contributed by atoms with Crippen LogP contribution in [0.1, 0.15) is 6.42 Å². The van der Waals surface area contributed by atoms with E-state index in [9.17, 15) is 0 Å². The highest BCUT2D eigenvalue weighted by Crippen LogP contribution is 2.18. The van der Waals surface area contributed by atoms with Gasteiger partial charge in [-0.2, -0.15) is 0 Å². The van der Waals surface area contributed by atoms with Gasteiger partial charge in [0.2, 0.25) is 0 Å². The first-order chi connectivity index (χ1) is 5.90. The zero-order valence-corrected chi connectivity index (χ0v) is 7.45. The van der Waals surface area contributed by atoms with Crippen molar-refractivity contribution in [3.05, 3.63) is 0 Å². The van der Waals surface area contributed by atoms with Gasteiger partial charge in [0.05, 0.1) is 25.4 Å². The van der Waals surface area contributed by atoms with Gasteiger partial charge in [0, 0.05) is 20.1 Å². The van der Waals surface area contributed by atoms with Crippen LogP contribution in [-0.2, 0) is 9.57 Å². The highest BCUT2D eigenvalue weighted by molar-refractivity contribution is 4.84. The lowest BCUT2D eigenvalue weighted by molar-refractivity contribution is -0.0669. The maximum atomic E-state index is 5.32. The van der Waals surface area contributed by atoms with Gasteiger partial charge in [0.25, 0.3) is 0 Å². The van der Waals surface area contributed by atoms with Crippen molar-refractivity contribution < 1.29 is 9.57 Å². The number of rotatable bonds is 3. The molecule has 2 heterocycles. The number of hydrogen-bond donors (Lipinski definition) is 1. The van der Waals surface area contributed by atoms with E-state index >= 15 is 0 Å².